The summed E-state index contributed by atoms with van der Waals surface area (Å²) in [5.41, 5.74) is 1.21. The van der Waals surface area contributed by atoms with Gasteiger partial charge < -0.3 is 15.0 Å². The third-order valence-corrected chi connectivity index (χ3v) is 3.05. The van der Waals surface area contributed by atoms with Crippen molar-refractivity contribution in [2.45, 2.75) is 26.8 Å². The summed E-state index contributed by atoms with van der Waals surface area (Å²) in [7, 11) is 3.81. The van der Waals surface area contributed by atoms with Crippen LogP contribution in [0.15, 0.2) is 18.3 Å². The molecule has 1 aromatic heterocycles. The Bertz CT molecular complexity index is 338. The van der Waals surface area contributed by atoms with Gasteiger partial charge in [0.05, 0.1) is 6.61 Å². The average Bonchev–Trinajstić information content (AvgIpc) is 2.41. The van der Waals surface area contributed by atoms with E-state index in [-0.39, 0.29) is 0 Å². The molecule has 4 nitrogen and oxygen atoms in total. The van der Waals surface area contributed by atoms with Crippen molar-refractivity contribution in [2.75, 3.05) is 38.8 Å². The number of pyridine rings is 1. The number of aromatic nitrogens is 1. The van der Waals surface area contributed by atoms with E-state index in [1.165, 1.54) is 12.0 Å². The molecule has 4 heteroatoms. The van der Waals surface area contributed by atoms with E-state index in [0.717, 1.165) is 38.0 Å². The highest BCUT2D eigenvalue weighted by atomic mass is 16.5. The van der Waals surface area contributed by atoms with Crippen molar-refractivity contribution in [3.8, 4) is 0 Å². The Morgan fingerprint density at radius 3 is 2.74 bits per heavy atom. The Morgan fingerprint density at radius 2 is 2.16 bits per heavy atom. The minimum absolute atomic E-state index is 0.728. The van der Waals surface area contributed by atoms with Gasteiger partial charge in [0.1, 0.15) is 5.82 Å². The zero-order chi connectivity index (χ0) is 14.1. The first-order valence-corrected chi connectivity index (χ1v) is 6.99. The maximum atomic E-state index is 4.99. The van der Waals surface area contributed by atoms with Crippen molar-refractivity contribution in [1.29, 1.82) is 0 Å². The van der Waals surface area contributed by atoms with E-state index >= 15 is 0 Å². The highest BCUT2D eigenvalue weighted by Crippen LogP contribution is 2.11. The molecule has 1 aromatic rings. The average molecular weight is 265 g/mol. The van der Waals surface area contributed by atoms with Gasteiger partial charge in [-0.2, -0.15) is 0 Å². The summed E-state index contributed by atoms with van der Waals surface area (Å²) in [4.78, 5) is 6.72. The van der Waals surface area contributed by atoms with Gasteiger partial charge in [-0.25, -0.2) is 4.98 Å². The molecule has 1 N–H and O–H groups in total. The van der Waals surface area contributed by atoms with Gasteiger partial charge in [0.15, 0.2) is 0 Å². The monoisotopic (exact) mass is 265 g/mol. The highest BCUT2D eigenvalue weighted by Gasteiger charge is 2.03. The molecule has 108 valence electrons. The molecule has 0 amide bonds. The molecule has 0 aliphatic heterocycles. The molecule has 1 rings (SSSR count). The fraction of sp³-hybridized carbons (Fsp3) is 0.667. The minimum atomic E-state index is 0.728. The molecule has 0 saturated heterocycles. The van der Waals surface area contributed by atoms with Gasteiger partial charge in [0.2, 0.25) is 0 Å². The second-order valence-corrected chi connectivity index (χ2v) is 5.30. The van der Waals surface area contributed by atoms with Crippen molar-refractivity contribution < 1.29 is 4.74 Å². The number of hydrogen-bond acceptors (Lipinski definition) is 4. The summed E-state index contributed by atoms with van der Waals surface area (Å²) in [6.07, 6.45) is 3.14. The predicted octanol–water partition coefficient (Wildman–Crippen LogP) is 2.30. The zero-order valence-electron chi connectivity index (χ0n) is 12.6. The fourth-order valence-electron chi connectivity index (χ4n) is 1.72. The van der Waals surface area contributed by atoms with Crippen LogP contribution in [0.3, 0.4) is 0 Å². The Kier molecular flexibility index (Phi) is 7.45. The largest absolute Gasteiger partial charge is 0.383 e. The smallest absolute Gasteiger partial charge is 0.128 e. The van der Waals surface area contributed by atoms with Crippen LogP contribution in [0.25, 0.3) is 0 Å². The zero-order valence-corrected chi connectivity index (χ0v) is 12.6. The molecule has 0 aliphatic carbocycles. The summed E-state index contributed by atoms with van der Waals surface area (Å²) in [6.45, 7) is 7.99. The molecule has 0 atom stereocenters. The lowest BCUT2D eigenvalue weighted by Crippen LogP contribution is -2.21. The number of rotatable bonds is 9. The molecule has 0 unspecified atom stereocenters. The second kappa shape index (κ2) is 8.88. The van der Waals surface area contributed by atoms with Gasteiger partial charge >= 0.3 is 0 Å². The molecule has 19 heavy (non-hydrogen) atoms. The Balaban J connectivity index is 2.37. The van der Waals surface area contributed by atoms with Gasteiger partial charge in [0, 0.05) is 40.0 Å². The van der Waals surface area contributed by atoms with E-state index in [2.05, 4.69) is 48.2 Å². The lowest BCUT2D eigenvalue weighted by Gasteiger charge is -2.19. The Morgan fingerprint density at radius 1 is 1.37 bits per heavy atom. The highest BCUT2D eigenvalue weighted by molar-refractivity contribution is 5.38. The Hall–Kier alpha value is -1.13. The van der Waals surface area contributed by atoms with Gasteiger partial charge in [-0.05, 0) is 24.0 Å². The standard InChI is InChI=1S/C15H27N3O/c1-13(2)7-9-18(3)15-6-5-14(12-17-15)11-16-8-10-19-4/h5-6,12-13,16H,7-11H2,1-4H3. The molecule has 1 heterocycles. The van der Waals surface area contributed by atoms with Crippen LogP contribution in [-0.4, -0.2) is 38.8 Å². The molecule has 0 saturated carbocycles. The van der Waals surface area contributed by atoms with Crippen molar-refractivity contribution in [2.24, 2.45) is 5.92 Å². The molecular weight excluding hydrogens is 238 g/mol. The maximum absolute atomic E-state index is 4.99. The molecule has 0 fully saturated rings. The molecule has 0 radical (unpaired) electrons. The predicted molar refractivity (Wildman–Crippen MR) is 80.5 cm³/mol. The lowest BCUT2D eigenvalue weighted by molar-refractivity contribution is 0.199. The van der Waals surface area contributed by atoms with Crippen LogP contribution in [0.1, 0.15) is 25.8 Å². The normalized spacial score (nSPS) is 11.0. The van der Waals surface area contributed by atoms with Crippen LogP contribution in [-0.2, 0) is 11.3 Å². The van der Waals surface area contributed by atoms with Crippen LogP contribution in [0.2, 0.25) is 0 Å². The molecule has 0 aromatic carbocycles. The van der Waals surface area contributed by atoms with Crippen molar-refractivity contribution in [3.05, 3.63) is 23.9 Å². The van der Waals surface area contributed by atoms with E-state index in [4.69, 9.17) is 4.74 Å². The van der Waals surface area contributed by atoms with Gasteiger partial charge in [0.25, 0.3) is 0 Å². The van der Waals surface area contributed by atoms with E-state index in [0.29, 0.717) is 0 Å². The summed E-state index contributed by atoms with van der Waals surface area (Å²) >= 11 is 0. The van der Waals surface area contributed by atoms with E-state index in [1.54, 1.807) is 7.11 Å². The molecule has 0 spiro atoms. The second-order valence-electron chi connectivity index (χ2n) is 5.30. The van der Waals surface area contributed by atoms with Crippen LogP contribution < -0.4 is 10.2 Å². The molecule has 0 bridgehead atoms. The first-order chi connectivity index (χ1) is 9.13. The topological polar surface area (TPSA) is 37.4 Å². The SMILES string of the molecule is COCCNCc1ccc(N(C)CCC(C)C)nc1. The summed E-state index contributed by atoms with van der Waals surface area (Å²) in [6, 6.07) is 4.22. The minimum Gasteiger partial charge on any atom is -0.383 e. The van der Waals surface area contributed by atoms with Crippen molar-refractivity contribution in [1.82, 2.24) is 10.3 Å². The van der Waals surface area contributed by atoms with Gasteiger partial charge in [-0.1, -0.05) is 19.9 Å². The summed E-state index contributed by atoms with van der Waals surface area (Å²) < 4.78 is 4.99. The quantitative estimate of drug-likeness (QED) is 0.695. The van der Waals surface area contributed by atoms with Crippen LogP contribution >= 0.6 is 0 Å². The number of nitrogens with one attached hydrogen (secondary N) is 1. The van der Waals surface area contributed by atoms with Gasteiger partial charge in [-0.15, -0.1) is 0 Å². The van der Waals surface area contributed by atoms with Gasteiger partial charge in [-0.3, -0.25) is 0 Å². The molecule has 0 aliphatic rings. The van der Waals surface area contributed by atoms with E-state index in [1.807, 2.05) is 6.20 Å². The van der Waals surface area contributed by atoms with Crippen LogP contribution in [0.4, 0.5) is 5.82 Å². The van der Waals surface area contributed by atoms with Crippen LogP contribution in [0.5, 0.6) is 0 Å². The molecular formula is C15H27N3O. The number of nitrogens with zero attached hydrogens (tertiary/aromatic N) is 2. The first kappa shape index (κ1) is 15.9. The number of hydrogen-bond donors (Lipinski definition) is 1. The summed E-state index contributed by atoms with van der Waals surface area (Å²) in [5.74, 6) is 1.77. The number of methoxy groups -OCH3 is 1. The van der Waals surface area contributed by atoms with Crippen LogP contribution in [0, 0.1) is 5.92 Å². The van der Waals surface area contributed by atoms with E-state index < -0.39 is 0 Å². The third-order valence-electron chi connectivity index (χ3n) is 3.05. The first-order valence-electron chi connectivity index (χ1n) is 6.99. The maximum Gasteiger partial charge on any atom is 0.128 e. The number of ether oxygens (including phenoxy) is 1. The lowest BCUT2D eigenvalue weighted by atomic mass is 10.1. The summed E-state index contributed by atoms with van der Waals surface area (Å²) in [5, 5.41) is 3.31. The fourth-order valence-corrected chi connectivity index (χ4v) is 1.72. The third kappa shape index (κ3) is 6.55. The van der Waals surface area contributed by atoms with E-state index in [9.17, 15) is 0 Å². The Labute approximate surface area is 117 Å². The van der Waals surface area contributed by atoms with Crippen molar-refractivity contribution in [3.63, 3.8) is 0 Å². The van der Waals surface area contributed by atoms with Crippen molar-refractivity contribution >= 4 is 5.82 Å². The number of anilines is 1.